The molecule has 5 nitrogen and oxygen atoms in total. The van der Waals surface area contributed by atoms with Crippen molar-refractivity contribution in [3.63, 3.8) is 0 Å². The fourth-order valence-electron chi connectivity index (χ4n) is 2.07. The average Bonchev–Trinajstić information content (AvgIpc) is 2.57. The van der Waals surface area contributed by atoms with E-state index in [0.29, 0.717) is 30.0 Å². The van der Waals surface area contributed by atoms with Crippen molar-refractivity contribution < 1.29 is 4.79 Å². The number of nitrogens with one attached hydrogen (secondary N) is 1. The van der Waals surface area contributed by atoms with Crippen molar-refractivity contribution >= 4 is 17.4 Å². The SMILES string of the molecule is CCN(CC)C(=O)c1ccc(Nc2ccc(C#N)cn2)cc1. The zero-order valence-corrected chi connectivity index (χ0v) is 12.7. The Labute approximate surface area is 130 Å². The van der Waals surface area contributed by atoms with Gasteiger partial charge in [0.2, 0.25) is 0 Å². The van der Waals surface area contributed by atoms with Crippen molar-refractivity contribution in [2.45, 2.75) is 13.8 Å². The first-order valence-electron chi connectivity index (χ1n) is 7.20. The molecule has 1 N–H and O–H groups in total. The van der Waals surface area contributed by atoms with Gasteiger partial charge in [0.05, 0.1) is 5.56 Å². The Morgan fingerprint density at radius 1 is 1.18 bits per heavy atom. The predicted octanol–water partition coefficient (Wildman–Crippen LogP) is 3.18. The molecule has 0 unspecified atom stereocenters. The largest absolute Gasteiger partial charge is 0.340 e. The van der Waals surface area contributed by atoms with Crippen LogP contribution in [0, 0.1) is 11.3 Å². The van der Waals surface area contributed by atoms with E-state index in [0.717, 1.165) is 5.69 Å². The van der Waals surface area contributed by atoms with Gasteiger partial charge in [0, 0.05) is 30.5 Å². The van der Waals surface area contributed by atoms with Crippen molar-refractivity contribution in [3.05, 3.63) is 53.7 Å². The third-order valence-corrected chi connectivity index (χ3v) is 3.35. The second-order valence-corrected chi connectivity index (χ2v) is 4.72. The Morgan fingerprint density at radius 2 is 1.86 bits per heavy atom. The summed E-state index contributed by atoms with van der Waals surface area (Å²) in [6.45, 7) is 5.33. The number of nitrogens with zero attached hydrogens (tertiary/aromatic N) is 3. The van der Waals surface area contributed by atoms with E-state index in [9.17, 15) is 4.79 Å². The van der Waals surface area contributed by atoms with E-state index in [4.69, 9.17) is 5.26 Å². The molecule has 5 heteroatoms. The number of carbonyl (C=O) groups excluding carboxylic acids is 1. The Balaban J connectivity index is 2.08. The third kappa shape index (κ3) is 3.61. The first-order valence-corrected chi connectivity index (χ1v) is 7.20. The standard InChI is InChI=1S/C17H18N4O/c1-3-21(4-2)17(22)14-6-8-15(9-7-14)20-16-10-5-13(11-18)12-19-16/h5-10,12H,3-4H2,1-2H3,(H,19,20). The van der Waals surface area contributed by atoms with Gasteiger partial charge in [-0.1, -0.05) is 0 Å². The van der Waals surface area contributed by atoms with Crippen molar-refractivity contribution in [2.75, 3.05) is 18.4 Å². The van der Waals surface area contributed by atoms with Crippen LogP contribution in [0.2, 0.25) is 0 Å². The number of hydrogen-bond acceptors (Lipinski definition) is 4. The number of hydrogen-bond donors (Lipinski definition) is 1. The summed E-state index contributed by atoms with van der Waals surface area (Å²) in [5.74, 6) is 0.690. The van der Waals surface area contributed by atoms with Gasteiger partial charge in [-0.05, 0) is 50.2 Å². The van der Waals surface area contributed by atoms with Crippen LogP contribution >= 0.6 is 0 Å². The molecule has 0 spiro atoms. The molecule has 0 radical (unpaired) electrons. The summed E-state index contributed by atoms with van der Waals surface area (Å²) in [6, 6.07) is 12.8. The molecule has 0 atom stereocenters. The van der Waals surface area contributed by atoms with Crippen LogP contribution in [0.1, 0.15) is 29.8 Å². The van der Waals surface area contributed by atoms with Gasteiger partial charge in [0.25, 0.3) is 5.91 Å². The van der Waals surface area contributed by atoms with Crippen LogP contribution < -0.4 is 5.32 Å². The second-order valence-electron chi connectivity index (χ2n) is 4.72. The van der Waals surface area contributed by atoms with E-state index in [1.54, 1.807) is 29.2 Å². The van der Waals surface area contributed by atoms with Crippen LogP contribution in [0.25, 0.3) is 0 Å². The number of nitriles is 1. The topological polar surface area (TPSA) is 69.0 Å². The summed E-state index contributed by atoms with van der Waals surface area (Å²) in [5, 5.41) is 11.9. The molecule has 1 amide bonds. The molecule has 2 aromatic rings. The molecule has 112 valence electrons. The minimum Gasteiger partial charge on any atom is -0.340 e. The molecular weight excluding hydrogens is 276 g/mol. The molecule has 0 fully saturated rings. The second kappa shape index (κ2) is 7.23. The number of anilines is 2. The van der Waals surface area contributed by atoms with Crippen molar-refractivity contribution in [1.29, 1.82) is 5.26 Å². The van der Waals surface area contributed by atoms with Crippen molar-refractivity contribution in [3.8, 4) is 6.07 Å². The van der Waals surface area contributed by atoms with E-state index < -0.39 is 0 Å². The number of pyridine rings is 1. The van der Waals surface area contributed by atoms with E-state index in [1.807, 2.05) is 32.0 Å². The highest BCUT2D eigenvalue weighted by Crippen LogP contribution is 2.16. The molecule has 0 saturated heterocycles. The summed E-state index contributed by atoms with van der Waals surface area (Å²) < 4.78 is 0. The minimum absolute atomic E-state index is 0.0352. The average molecular weight is 294 g/mol. The maximum Gasteiger partial charge on any atom is 0.253 e. The molecule has 0 aliphatic carbocycles. The monoisotopic (exact) mass is 294 g/mol. The summed E-state index contributed by atoms with van der Waals surface area (Å²) >= 11 is 0. The lowest BCUT2D eigenvalue weighted by molar-refractivity contribution is 0.0773. The molecule has 2 rings (SSSR count). The zero-order chi connectivity index (χ0) is 15.9. The number of benzene rings is 1. The number of aromatic nitrogens is 1. The van der Waals surface area contributed by atoms with Gasteiger partial charge in [-0.2, -0.15) is 5.26 Å². The Hall–Kier alpha value is -2.87. The summed E-state index contributed by atoms with van der Waals surface area (Å²) in [7, 11) is 0. The van der Waals surface area contributed by atoms with Crippen LogP contribution in [0.4, 0.5) is 11.5 Å². The number of amides is 1. The lowest BCUT2D eigenvalue weighted by Crippen LogP contribution is -2.30. The van der Waals surface area contributed by atoms with Gasteiger partial charge in [0.1, 0.15) is 11.9 Å². The number of rotatable bonds is 5. The molecule has 0 aliphatic rings. The number of carbonyl (C=O) groups is 1. The smallest absolute Gasteiger partial charge is 0.253 e. The van der Waals surface area contributed by atoms with E-state index in [-0.39, 0.29) is 5.91 Å². The van der Waals surface area contributed by atoms with Crippen LogP contribution in [0.3, 0.4) is 0 Å². The van der Waals surface area contributed by atoms with Gasteiger partial charge in [-0.25, -0.2) is 4.98 Å². The molecule has 1 aromatic heterocycles. The summed E-state index contributed by atoms with van der Waals surface area (Å²) in [4.78, 5) is 18.1. The first-order chi connectivity index (χ1) is 10.7. The predicted molar refractivity (Wildman–Crippen MR) is 85.9 cm³/mol. The molecular formula is C17H18N4O. The zero-order valence-electron chi connectivity index (χ0n) is 12.7. The summed E-state index contributed by atoms with van der Waals surface area (Å²) in [6.07, 6.45) is 1.51. The van der Waals surface area contributed by atoms with Gasteiger partial charge < -0.3 is 10.2 Å². The van der Waals surface area contributed by atoms with Gasteiger partial charge >= 0.3 is 0 Å². The third-order valence-electron chi connectivity index (χ3n) is 3.35. The Kier molecular flexibility index (Phi) is 5.10. The van der Waals surface area contributed by atoms with Gasteiger partial charge in [-0.15, -0.1) is 0 Å². The Bertz CT molecular complexity index is 667. The summed E-state index contributed by atoms with van der Waals surface area (Å²) in [5.41, 5.74) is 2.03. The fraction of sp³-hybridized carbons (Fsp3) is 0.235. The quantitative estimate of drug-likeness (QED) is 0.919. The molecule has 0 aliphatic heterocycles. The van der Waals surface area contributed by atoms with E-state index >= 15 is 0 Å². The van der Waals surface area contributed by atoms with Crippen LogP contribution in [-0.4, -0.2) is 28.9 Å². The highest BCUT2D eigenvalue weighted by Gasteiger charge is 2.11. The lowest BCUT2D eigenvalue weighted by Gasteiger charge is -2.18. The van der Waals surface area contributed by atoms with Crippen LogP contribution in [0.5, 0.6) is 0 Å². The highest BCUT2D eigenvalue weighted by atomic mass is 16.2. The lowest BCUT2D eigenvalue weighted by atomic mass is 10.1. The Morgan fingerprint density at radius 3 is 2.36 bits per heavy atom. The van der Waals surface area contributed by atoms with Crippen molar-refractivity contribution in [1.82, 2.24) is 9.88 Å². The normalized spacial score (nSPS) is 9.86. The first kappa shape index (κ1) is 15.5. The fourth-order valence-corrected chi connectivity index (χ4v) is 2.07. The molecule has 22 heavy (non-hydrogen) atoms. The maximum atomic E-state index is 12.2. The van der Waals surface area contributed by atoms with Crippen molar-refractivity contribution in [2.24, 2.45) is 0 Å². The van der Waals surface area contributed by atoms with Crippen LogP contribution in [-0.2, 0) is 0 Å². The van der Waals surface area contributed by atoms with Gasteiger partial charge in [0.15, 0.2) is 0 Å². The highest BCUT2D eigenvalue weighted by molar-refractivity contribution is 5.94. The molecule has 0 saturated carbocycles. The van der Waals surface area contributed by atoms with E-state index in [2.05, 4.69) is 10.3 Å². The van der Waals surface area contributed by atoms with Gasteiger partial charge in [-0.3, -0.25) is 4.79 Å². The molecule has 1 aromatic carbocycles. The maximum absolute atomic E-state index is 12.2. The minimum atomic E-state index is 0.0352. The van der Waals surface area contributed by atoms with E-state index in [1.165, 1.54) is 6.20 Å². The van der Waals surface area contributed by atoms with Crippen LogP contribution in [0.15, 0.2) is 42.6 Å². The molecule has 1 heterocycles. The molecule has 0 bridgehead atoms.